The molecule has 6 heteroatoms. The smallest absolute Gasteiger partial charge is 0.307 e. The summed E-state index contributed by atoms with van der Waals surface area (Å²) in [5, 5.41) is 0.316. The standard InChI is InChI=1S/C21H22FN3O2/c1-21(2,24-10-9-14-5-3-4-6-15(14)12-24)13-25-19(26)17-8-7-16(22)11-18(17)23-20(25)27/h3-8,11H,9-10,12-13H2,1-2H3,(H,23,27). The van der Waals surface area contributed by atoms with Crippen LogP contribution in [0.15, 0.2) is 52.1 Å². The van der Waals surface area contributed by atoms with E-state index < -0.39 is 17.0 Å². The molecule has 0 saturated carbocycles. The van der Waals surface area contributed by atoms with Gasteiger partial charge in [-0.2, -0.15) is 0 Å². The maximum absolute atomic E-state index is 13.4. The molecule has 3 aromatic rings. The van der Waals surface area contributed by atoms with Crippen LogP contribution in [0, 0.1) is 5.82 Å². The summed E-state index contributed by atoms with van der Waals surface area (Å²) in [6, 6.07) is 12.2. The molecule has 0 bridgehead atoms. The normalized spacial score (nSPS) is 15.1. The van der Waals surface area contributed by atoms with Crippen LogP contribution in [-0.4, -0.2) is 26.5 Å². The number of aromatic nitrogens is 2. The van der Waals surface area contributed by atoms with Gasteiger partial charge < -0.3 is 4.98 Å². The second-order valence-electron chi connectivity index (χ2n) is 7.76. The van der Waals surface area contributed by atoms with Crippen molar-refractivity contribution in [2.75, 3.05) is 6.54 Å². The summed E-state index contributed by atoms with van der Waals surface area (Å²) in [5.41, 5.74) is 1.58. The predicted octanol–water partition coefficient (Wildman–Crippen LogP) is 2.67. The van der Waals surface area contributed by atoms with Crippen LogP contribution in [0.4, 0.5) is 4.39 Å². The Kier molecular flexibility index (Phi) is 4.23. The highest BCUT2D eigenvalue weighted by Crippen LogP contribution is 2.26. The van der Waals surface area contributed by atoms with Crippen LogP contribution >= 0.6 is 0 Å². The number of fused-ring (bicyclic) bond motifs is 2. The van der Waals surface area contributed by atoms with Crippen LogP contribution in [0.25, 0.3) is 10.9 Å². The second kappa shape index (κ2) is 6.46. The zero-order chi connectivity index (χ0) is 19.2. The average Bonchev–Trinajstić information content (AvgIpc) is 2.64. The molecule has 0 radical (unpaired) electrons. The van der Waals surface area contributed by atoms with Crippen LogP contribution in [0.5, 0.6) is 0 Å². The molecule has 0 saturated heterocycles. The zero-order valence-corrected chi connectivity index (χ0v) is 15.5. The van der Waals surface area contributed by atoms with Crippen LogP contribution in [0.1, 0.15) is 25.0 Å². The molecule has 1 N–H and O–H groups in total. The van der Waals surface area contributed by atoms with E-state index in [4.69, 9.17) is 0 Å². The number of aromatic amines is 1. The third-order valence-corrected chi connectivity index (χ3v) is 5.48. The molecule has 0 spiro atoms. The molecule has 0 fully saturated rings. The number of benzene rings is 2. The fourth-order valence-corrected chi connectivity index (χ4v) is 3.87. The Bertz CT molecular complexity index is 1130. The van der Waals surface area contributed by atoms with Crippen molar-refractivity contribution >= 4 is 10.9 Å². The fraction of sp³-hybridized carbons (Fsp3) is 0.333. The molecule has 140 valence electrons. The molecule has 1 aliphatic heterocycles. The van der Waals surface area contributed by atoms with E-state index in [1.54, 1.807) is 0 Å². The van der Waals surface area contributed by atoms with Crippen LogP contribution < -0.4 is 11.2 Å². The lowest BCUT2D eigenvalue weighted by atomic mass is 9.94. The number of rotatable bonds is 3. The molecule has 1 aliphatic rings. The summed E-state index contributed by atoms with van der Waals surface area (Å²) in [7, 11) is 0. The molecule has 1 aromatic heterocycles. The van der Waals surface area contributed by atoms with Crippen LogP contribution in [0.3, 0.4) is 0 Å². The van der Waals surface area contributed by atoms with Gasteiger partial charge in [0.05, 0.1) is 10.9 Å². The van der Waals surface area contributed by atoms with E-state index >= 15 is 0 Å². The number of nitrogens with one attached hydrogen (secondary N) is 1. The van der Waals surface area contributed by atoms with Gasteiger partial charge in [0.25, 0.3) is 5.56 Å². The van der Waals surface area contributed by atoms with Gasteiger partial charge in [-0.25, -0.2) is 9.18 Å². The van der Waals surface area contributed by atoms with Gasteiger partial charge in [0.1, 0.15) is 5.82 Å². The molecule has 0 unspecified atom stereocenters. The van der Waals surface area contributed by atoms with E-state index in [0.29, 0.717) is 5.39 Å². The van der Waals surface area contributed by atoms with E-state index in [2.05, 4.69) is 28.1 Å². The van der Waals surface area contributed by atoms with Gasteiger partial charge in [0, 0.05) is 25.2 Å². The van der Waals surface area contributed by atoms with E-state index in [9.17, 15) is 14.0 Å². The minimum absolute atomic E-state index is 0.228. The van der Waals surface area contributed by atoms with Gasteiger partial charge in [-0.3, -0.25) is 14.3 Å². The summed E-state index contributed by atoms with van der Waals surface area (Å²) >= 11 is 0. The second-order valence-corrected chi connectivity index (χ2v) is 7.76. The van der Waals surface area contributed by atoms with Crippen molar-refractivity contribution in [2.24, 2.45) is 0 Å². The molecule has 0 atom stereocenters. The summed E-state index contributed by atoms with van der Waals surface area (Å²) in [6.07, 6.45) is 0.946. The Labute approximate surface area is 156 Å². The SMILES string of the molecule is CC(C)(Cn1c(=O)[nH]c2cc(F)ccc2c1=O)N1CCc2ccccc2C1. The Morgan fingerprint density at radius 3 is 2.63 bits per heavy atom. The molecular formula is C21H22FN3O2. The van der Waals surface area contributed by atoms with Gasteiger partial charge in [-0.05, 0) is 49.6 Å². The first-order chi connectivity index (χ1) is 12.8. The topological polar surface area (TPSA) is 58.1 Å². The Balaban J connectivity index is 1.68. The summed E-state index contributed by atoms with van der Waals surface area (Å²) in [6.45, 7) is 6.00. The monoisotopic (exact) mass is 367 g/mol. The maximum atomic E-state index is 13.4. The lowest BCUT2D eigenvalue weighted by molar-refractivity contribution is 0.0856. The highest BCUT2D eigenvalue weighted by Gasteiger charge is 2.31. The number of nitrogens with zero attached hydrogens (tertiary/aromatic N) is 2. The van der Waals surface area contributed by atoms with Gasteiger partial charge in [0.15, 0.2) is 0 Å². The Morgan fingerprint density at radius 2 is 1.85 bits per heavy atom. The molecule has 4 rings (SSSR count). The number of hydrogen-bond donors (Lipinski definition) is 1. The van der Waals surface area contributed by atoms with Crippen molar-refractivity contribution in [3.63, 3.8) is 0 Å². The highest BCUT2D eigenvalue weighted by molar-refractivity contribution is 5.77. The average molecular weight is 367 g/mol. The minimum Gasteiger partial charge on any atom is -0.307 e. The maximum Gasteiger partial charge on any atom is 0.328 e. The molecule has 2 heterocycles. The summed E-state index contributed by atoms with van der Waals surface area (Å²) in [5.74, 6) is -0.484. The lowest BCUT2D eigenvalue weighted by Crippen LogP contribution is -2.52. The van der Waals surface area contributed by atoms with Crippen LogP contribution in [0.2, 0.25) is 0 Å². The quantitative estimate of drug-likeness (QED) is 0.774. The van der Waals surface area contributed by atoms with Crippen molar-refractivity contribution in [3.8, 4) is 0 Å². The third kappa shape index (κ3) is 3.21. The predicted molar refractivity (Wildman–Crippen MR) is 103 cm³/mol. The molecule has 2 aromatic carbocycles. The van der Waals surface area contributed by atoms with Crippen molar-refractivity contribution < 1.29 is 4.39 Å². The number of halogens is 1. The van der Waals surface area contributed by atoms with Crippen molar-refractivity contribution in [2.45, 2.75) is 38.9 Å². The highest BCUT2D eigenvalue weighted by atomic mass is 19.1. The largest absolute Gasteiger partial charge is 0.328 e. The fourth-order valence-electron chi connectivity index (χ4n) is 3.87. The molecule has 0 amide bonds. The summed E-state index contributed by atoms with van der Waals surface area (Å²) < 4.78 is 14.6. The van der Waals surface area contributed by atoms with Gasteiger partial charge in [-0.1, -0.05) is 24.3 Å². The van der Waals surface area contributed by atoms with Gasteiger partial charge >= 0.3 is 5.69 Å². The first-order valence-electron chi connectivity index (χ1n) is 9.09. The molecule has 0 aliphatic carbocycles. The Hall–Kier alpha value is -2.73. The Morgan fingerprint density at radius 1 is 1.11 bits per heavy atom. The lowest BCUT2D eigenvalue weighted by Gasteiger charge is -2.41. The summed E-state index contributed by atoms with van der Waals surface area (Å²) in [4.78, 5) is 30.2. The molecule has 5 nitrogen and oxygen atoms in total. The molecular weight excluding hydrogens is 345 g/mol. The van der Waals surface area contributed by atoms with Gasteiger partial charge in [0.2, 0.25) is 0 Å². The van der Waals surface area contributed by atoms with E-state index in [-0.39, 0.29) is 17.6 Å². The first-order valence-corrected chi connectivity index (χ1v) is 9.09. The van der Waals surface area contributed by atoms with Crippen molar-refractivity contribution in [1.29, 1.82) is 0 Å². The van der Waals surface area contributed by atoms with E-state index in [1.165, 1.54) is 33.9 Å². The van der Waals surface area contributed by atoms with Crippen molar-refractivity contribution in [3.05, 3.63) is 80.2 Å². The third-order valence-electron chi connectivity index (χ3n) is 5.48. The molecule has 27 heavy (non-hydrogen) atoms. The van der Waals surface area contributed by atoms with Crippen molar-refractivity contribution in [1.82, 2.24) is 14.5 Å². The minimum atomic E-state index is -0.511. The zero-order valence-electron chi connectivity index (χ0n) is 15.5. The number of hydrogen-bond acceptors (Lipinski definition) is 3. The first kappa shape index (κ1) is 17.7. The van der Waals surface area contributed by atoms with Gasteiger partial charge in [-0.15, -0.1) is 0 Å². The van der Waals surface area contributed by atoms with E-state index in [0.717, 1.165) is 19.5 Å². The van der Waals surface area contributed by atoms with Crippen LogP contribution in [-0.2, 0) is 19.5 Å². The van der Waals surface area contributed by atoms with E-state index in [1.807, 2.05) is 19.9 Å². The number of H-pyrrole nitrogens is 1.